The lowest BCUT2D eigenvalue weighted by molar-refractivity contribution is 0.502. The lowest BCUT2D eigenvalue weighted by atomic mass is 9.96. The molecular formula is C24H31N4O2S+. The fourth-order valence-electron chi connectivity index (χ4n) is 4.03. The lowest BCUT2D eigenvalue weighted by Gasteiger charge is -2.18. The summed E-state index contributed by atoms with van der Waals surface area (Å²) in [5.74, 6) is 0.399. The van der Waals surface area contributed by atoms with Gasteiger partial charge in [-0.2, -0.15) is 14.4 Å². The molecule has 1 atom stereocenters. The predicted octanol–water partition coefficient (Wildman–Crippen LogP) is 4.60. The van der Waals surface area contributed by atoms with Crippen LogP contribution >= 0.6 is 0 Å². The van der Waals surface area contributed by atoms with E-state index in [4.69, 9.17) is 0 Å². The maximum absolute atomic E-state index is 13.2. The molecule has 7 heteroatoms. The first-order valence-corrected chi connectivity index (χ1v) is 12.3. The van der Waals surface area contributed by atoms with Gasteiger partial charge < -0.3 is 5.32 Å². The molecule has 3 aromatic rings. The number of anilines is 1. The molecule has 1 aliphatic heterocycles. The van der Waals surface area contributed by atoms with Crippen molar-refractivity contribution in [3.05, 3.63) is 65.0 Å². The SMILES string of the molecule is Cc1c(N[S+](=O)(O)c2ccc(-c3ccc4c(c3)CNCC4)cc2)c(CC(C)C)nn1C. The van der Waals surface area contributed by atoms with Gasteiger partial charge in [-0.3, -0.25) is 4.68 Å². The van der Waals surface area contributed by atoms with Crippen molar-refractivity contribution in [3.63, 3.8) is 0 Å². The Labute approximate surface area is 185 Å². The normalized spacial score (nSPS) is 15.5. The van der Waals surface area contributed by atoms with Gasteiger partial charge in [0, 0.05) is 13.6 Å². The maximum atomic E-state index is 13.2. The zero-order chi connectivity index (χ0) is 22.2. The Balaban J connectivity index is 1.58. The summed E-state index contributed by atoms with van der Waals surface area (Å²) in [5, 5.41) is 7.94. The number of aryl methyl sites for hydroxylation is 1. The van der Waals surface area contributed by atoms with E-state index in [9.17, 15) is 8.76 Å². The minimum Gasteiger partial charge on any atom is -0.312 e. The van der Waals surface area contributed by atoms with Gasteiger partial charge in [0.25, 0.3) is 0 Å². The van der Waals surface area contributed by atoms with Crippen molar-refractivity contribution >= 4 is 16.1 Å². The van der Waals surface area contributed by atoms with E-state index in [1.807, 2.05) is 26.1 Å². The molecule has 164 valence electrons. The summed E-state index contributed by atoms with van der Waals surface area (Å²) < 4.78 is 28.7. The Kier molecular flexibility index (Phi) is 6.01. The number of aromatic nitrogens is 2. The third-order valence-electron chi connectivity index (χ3n) is 5.85. The number of hydrogen-bond donors (Lipinski definition) is 3. The highest BCUT2D eigenvalue weighted by molar-refractivity contribution is 7.99. The standard InChI is InChI=1S/C24H30N4O2S/c1-16(2)13-23-24(17(3)28(4)26-23)27-31(29,30)22-9-7-18(8-10-22)20-6-5-19-11-12-25-15-21(19)14-20/h5-10,14,16,25H,11-13,15H2,1-4H3,(H-,27,29,30)/p+1. The molecule has 0 bridgehead atoms. The first kappa shape index (κ1) is 21.7. The van der Waals surface area contributed by atoms with Gasteiger partial charge in [-0.1, -0.05) is 26.0 Å². The van der Waals surface area contributed by atoms with Crippen molar-refractivity contribution in [1.82, 2.24) is 15.1 Å². The third kappa shape index (κ3) is 4.59. The summed E-state index contributed by atoms with van der Waals surface area (Å²) in [6.07, 6.45) is 1.80. The topological polar surface area (TPSA) is 79.2 Å². The average molecular weight is 440 g/mol. The van der Waals surface area contributed by atoms with Crippen molar-refractivity contribution in [2.75, 3.05) is 11.3 Å². The molecule has 1 aromatic heterocycles. The van der Waals surface area contributed by atoms with Crippen LogP contribution in [-0.4, -0.2) is 20.9 Å². The van der Waals surface area contributed by atoms with E-state index in [1.54, 1.807) is 16.8 Å². The van der Waals surface area contributed by atoms with Gasteiger partial charge in [-0.25, -0.2) is 0 Å². The fourth-order valence-corrected chi connectivity index (χ4v) is 5.19. The Morgan fingerprint density at radius 3 is 2.58 bits per heavy atom. The van der Waals surface area contributed by atoms with Crippen LogP contribution in [0.4, 0.5) is 5.69 Å². The molecule has 3 N–H and O–H groups in total. The summed E-state index contributed by atoms with van der Waals surface area (Å²) in [7, 11) is -1.60. The number of rotatable bonds is 6. The van der Waals surface area contributed by atoms with Gasteiger partial charge in [-0.15, -0.1) is 0 Å². The molecule has 0 aliphatic carbocycles. The Morgan fingerprint density at radius 1 is 1.16 bits per heavy atom. The molecular weight excluding hydrogens is 408 g/mol. The minimum atomic E-state index is -3.46. The molecule has 0 amide bonds. The summed E-state index contributed by atoms with van der Waals surface area (Å²) in [6.45, 7) is 8.04. The Bertz CT molecular complexity index is 1140. The number of fused-ring (bicyclic) bond motifs is 1. The van der Waals surface area contributed by atoms with Crippen LogP contribution in [0.25, 0.3) is 11.1 Å². The highest BCUT2D eigenvalue weighted by Crippen LogP contribution is 2.30. The van der Waals surface area contributed by atoms with Gasteiger partial charge in [-0.05, 0) is 89.0 Å². The van der Waals surface area contributed by atoms with E-state index in [0.29, 0.717) is 16.5 Å². The predicted molar refractivity (Wildman–Crippen MR) is 126 cm³/mol. The molecule has 0 saturated heterocycles. The molecule has 0 spiro atoms. The maximum Gasteiger partial charge on any atom is 0.346 e. The molecule has 1 unspecified atom stereocenters. The van der Waals surface area contributed by atoms with Crippen LogP contribution < -0.4 is 10.0 Å². The zero-order valence-electron chi connectivity index (χ0n) is 18.6. The van der Waals surface area contributed by atoms with Gasteiger partial charge in [0.05, 0.1) is 11.4 Å². The van der Waals surface area contributed by atoms with Crippen LogP contribution in [0, 0.1) is 12.8 Å². The van der Waals surface area contributed by atoms with Gasteiger partial charge in [0.2, 0.25) is 4.90 Å². The molecule has 6 nitrogen and oxygen atoms in total. The van der Waals surface area contributed by atoms with Gasteiger partial charge >= 0.3 is 10.4 Å². The number of hydrogen-bond acceptors (Lipinski definition) is 3. The van der Waals surface area contributed by atoms with E-state index in [2.05, 4.69) is 47.2 Å². The second-order valence-electron chi connectivity index (χ2n) is 8.69. The van der Waals surface area contributed by atoms with Gasteiger partial charge in [0.1, 0.15) is 5.69 Å². The van der Waals surface area contributed by atoms with Crippen LogP contribution in [0.5, 0.6) is 0 Å². The van der Waals surface area contributed by atoms with Crippen LogP contribution in [0.1, 0.15) is 36.4 Å². The molecule has 2 aromatic carbocycles. The fraction of sp³-hybridized carbons (Fsp3) is 0.375. The monoisotopic (exact) mass is 439 g/mol. The van der Waals surface area contributed by atoms with E-state index < -0.39 is 10.4 Å². The number of benzene rings is 2. The van der Waals surface area contributed by atoms with Crippen molar-refractivity contribution in [3.8, 4) is 11.1 Å². The lowest BCUT2D eigenvalue weighted by Crippen LogP contribution is -2.23. The van der Waals surface area contributed by atoms with Gasteiger partial charge in [0.15, 0.2) is 0 Å². The van der Waals surface area contributed by atoms with Crippen molar-refractivity contribution < 1.29 is 8.76 Å². The highest BCUT2D eigenvalue weighted by Gasteiger charge is 2.32. The third-order valence-corrected chi connectivity index (χ3v) is 7.24. The summed E-state index contributed by atoms with van der Waals surface area (Å²) in [4.78, 5) is 0.356. The first-order chi connectivity index (χ1) is 14.7. The van der Waals surface area contributed by atoms with Crippen molar-refractivity contribution in [2.45, 2.75) is 45.1 Å². The van der Waals surface area contributed by atoms with Crippen LogP contribution in [0.2, 0.25) is 0 Å². The number of nitrogens with one attached hydrogen (secondary N) is 2. The minimum absolute atomic E-state index is 0.356. The largest absolute Gasteiger partial charge is 0.346 e. The second kappa shape index (κ2) is 8.57. The highest BCUT2D eigenvalue weighted by atomic mass is 32.3. The van der Waals surface area contributed by atoms with Crippen LogP contribution in [-0.2, 0) is 41.0 Å². The van der Waals surface area contributed by atoms with Crippen molar-refractivity contribution in [2.24, 2.45) is 13.0 Å². The summed E-state index contributed by atoms with van der Waals surface area (Å²) >= 11 is 0. The second-order valence-corrected chi connectivity index (χ2v) is 10.4. The van der Waals surface area contributed by atoms with Crippen LogP contribution in [0.15, 0.2) is 47.4 Å². The Hall–Kier alpha value is -2.48. The molecule has 2 heterocycles. The smallest absolute Gasteiger partial charge is 0.312 e. The zero-order valence-corrected chi connectivity index (χ0v) is 19.4. The molecule has 0 fully saturated rings. The molecule has 31 heavy (non-hydrogen) atoms. The molecule has 0 saturated carbocycles. The summed E-state index contributed by atoms with van der Waals surface area (Å²) in [6, 6.07) is 13.8. The quantitative estimate of drug-likeness (QED) is 0.491. The van der Waals surface area contributed by atoms with E-state index >= 15 is 0 Å². The average Bonchev–Trinajstić information content (AvgIpc) is 3.00. The summed E-state index contributed by atoms with van der Waals surface area (Å²) in [5.41, 5.74) is 7.18. The van der Waals surface area contributed by atoms with E-state index in [0.717, 1.165) is 48.4 Å². The molecule has 4 rings (SSSR count). The Morgan fingerprint density at radius 2 is 1.87 bits per heavy atom. The van der Waals surface area contributed by atoms with Crippen LogP contribution in [0.3, 0.4) is 0 Å². The van der Waals surface area contributed by atoms with E-state index in [-0.39, 0.29) is 0 Å². The van der Waals surface area contributed by atoms with Crippen molar-refractivity contribution in [1.29, 1.82) is 0 Å². The molecule has 1 aliphatic rings. The van der Waals surface area contributed by atoms with E-state index in [1.165, 1.54) is 11.1 Å². The number of nitrogens with zero attached hydrogens (tertiary/aromatic N) is 2. The molecule has 0 radical (unpaired) electrons. The first-order valence-electron chi connectivity index (χ1n) is 10.7.